The highest BCUT2D eigenvalue weighted by Crippen LogP contribution is 2.54. The van der Waals surface area contributed by atoms with Gasteiger partial charge in [0.1, 0.15) is 11.9 Å². The molecule has 0 radical (unpaired) electrons. The molecule has 7 aromatic rings. The maximum atomic E-state index is 13.0. The second-order valence-corrected chi connectivity index (χ2v) is 16.3. The summed E-state index contributed by atoms with van der Waals surface area (Å²) in [6.07, 6.45) is 0.105. The molecule has 1 unspecified atom stereocenters. The Hall–Kier alpha value is -6.13. The van der Waals surface area contributed by atoms with Crippen molar-refractivity contribution in [3.63, 3.8) is 0 Å². The van der Waals surface area contributed by atoms with Gasteiger partial charge in [0.25, 0.3) is 0 Å². The molecular weight excluding hydrogens is 719 g/mol. The minimum Gasteiger partial charge on any atom is -0.507 e. The van der Waals surface area contributed by atoms with Crippen LogP contribution in [0.1, 0.15) is 121 Å². The molecule has 6 aromatic carbocycles. The van der Waals surface area contributed by atoms with Crippen molar-refractivity contribution >= 4 is 17.1 Å². The lowest BCUT2D eigenvalue weighted by Crippen LogP contribution is -2.26. The van der Waals surface area contributed by atoms with Crippen molar-refractivity contribution in [3.8, 4) is 50.4 Å². The Morgan fingerprint density at radius 2 is 1.24 bits per heavy atom. The number of anilines is 3. The third kappa shape index (κ3) is 7.77. The number of aromatic hydroxyl groups is 1. The fourth-order valence-electron chi connectivity index (χ4n) is 7.75. The number of hydrogen-bond acceptors (Lipinski definition) is 4. The molecule has 2 heterocycles. The standard InChI is InChI=1S/C55H57N3O/c1-35-23-25-36(26-24-35)38-27-28-56-47(32-38)40-29-39(30-41(31-40)53(2,3)4)44-20-16-22-49-50(44)57-52(45-33-42(54(5,6)7)34-46(51(45)59)55(8,9)10)58(49)48-21-15-14-19-43(48)37-17-12-11-13-18-37/h11-34,52,57,59H,1-10H3/i5D3,6D3,7D3,8D3,9D3,10D3. The second kappa shape index (κ2) is 14.9. The Morgan fingerprint density at radius 3 is 1.97 bits per heavy atom. The summed E-state index contributed by atoms with van der Waals surface area (Å²) in [6.45, 7) is -16.1. The van der Waals surface area contributed by atoms with Gasteiger partial charge in [-0.15, -0.1) is 0 Å². The van der Waals surface area contributed by atoms with Gasteiger partial charge in [0, 0.05) is 53.1 Å². The molecule has 0 fully saturated rings. The van der Waals surface area contributed by atoms with Crippen LogP contribution in [0.4, 0.5) is 17.1 Å². The predicted octanol–water partition coefficient (Wildman–Crippen LogP) is 14.9. The molecule has 1 aliphatic rings. The molecule has 2 N–H and O–H groups in total. The fourth-order valence-corrected chi connectivity index (χ4v) is 7.75. The van der Waals surface area contributed by atoms with Gasteiger partial charge < -0.3 is 15.3 Å². The Balaban J connectivity index is 1.50. The number of aromatic nitrogens is 1. The van der Waals surface area contributed by atoms with Crippen LogP contribution in [0.3, 0.4) is 0 Å². The molecule has 298 valence electrons. The summed E-state index contributed by atoms with van der Waals surface area (Å²) in [5.41, 5.74) is -2.79. The van der Waals surface area contributed by atoms with E-state index in [1.807, 2.05) is 79.7 Å². The highest BCUT2D eigenvalue weighted by Gasteiger charge is 2.38. The van der Waals surface area contributed by atoms with Gasteiger partial charge in [0.15, 0.2) is 0 Å². The highest BCUT2D eigenvalue weighted by atomic mass is 16.3. The van der Waals surface area contributed by atoms with Gasteiger partial charge in [-0.3, -0.25) is 4.98 Å². The summed E-state index contributed by atoms with van der Waals surface area (Å²) in [7, 11) is 0. The number of fused-ring (bicyclic) bond motifs is 1. The molecule has 1 aromatic heterocycles. The normalized spacial score (nSPS) is 20.1. The monoisotopic (exact) mass is 794 g/mol. The van der Waals surface area contributed by atoms with E-state index in [0.29, 0.717) is 51.1 Å². The smallest absolute Gasteiger partial charge is 0.134 e. The zero-order valence-corrected chi connectivity index (χ0v) is 33.3. The van der Waals surface area contributed by atoms with E-state index in [1.54, 1.807) is 59.6 Å². The molecule has 4 nitrogen and oxygen atoms in total. The first kappa shape index (κ1) is 23.5. The number of nitrogens with zero attached hydrogens (tertiary/aromatic N) is 2. The van der Waals surface area contributed by atoms with Crippen molar-refractivity contribution in [2.24, 2.45) is 0 Å². The van der Waals surface area contributed by atoms with Crippen LogP contribution in [0, 0.1) is 6.92 Å². The van der Waals surface area contributed by atoms with E-state index >= 15 is 0 Å². The molecule has 0 aliphatic carbocycles. The number of nitrogens with one attached hydrogen (secondary N) is 1. The first-order valence-corrected chi connectivity index (χ1v) is 19.4. The highest BCUT2D eigenvalue weighted by molar-refractivity contribution is 5.97. The van der Waals surface area contributed by atoms with E-state index in [0.717, 1.165) is 33.9 Å². The van der Waals surface area contributed by atoms with Gasteiger partial charge in [-0.2, -0.15) is 0 Å². The lowest BCUT2D eigenvalue weighted by Gasteiger charge is -2.33. The molecule has 4 heteroatoms. The van der Waals surface area contributed by atoms with Gasteiger partial charge in [-0.1, -0.05) is 165 Å². The number of hydrogen-bond donors (Lipinski definition) is 2. The van der Waals surface area contributed by atoms with Gasteiger partial charge in [-0.25, -0.2) is 0 Å². The van der Waals surface area contributed by atoms with E-state index in [1.165, 1.54) is 0 Å². The topological polar surface area (TPSA) is 48.4 Å². The van der Waals surface area contributed by atoms with Crippen LogP contribution in [0.25, 0.3) is 44.6 Å². The largest absolute Gasteiger partial charge is 0.507 e. The number of benzene rings is 6. The van der Waals surface area contributed by atoms with Gasteiger partial charge >= 0.3 is 0 Å². The van der Waals surface area contributed by atoms with Gasteiger partial charge in [0.2, 0.25) is 0 Å². The summed E-state index contributed by atoms with van der Waals surface area (Å²) in [6, 6.07) is 40.6. The van der Waals surface area contributed by atoms with Crippen molar-refractivity contribution in [1.29, 1.82) is 0 Å². The molecule has 1 atom stereocenters. The average molecular weight is 794 g/mol. The van der Waals surface area contributed by atoms with Crippen LogP contribution >= 0.6 is 0 Å². The molecule has 0 saturated carbocycles. The van der Waals surface area contributed by atoms with E-state index < -0.39 is 86.0 Å². The summed E-state index contributed by atoms with van der Waals surface area (Å²) >= 11 is 0. The average Bonchev–Trinajstić information content (AvgIpc) is 3.76. The molecule has 8 rings (SSSR count). The minimum atomic E-state index is -4.09. The molecule has 0 spiro atoms. The third-order valence-corrected chi connectivity index (χ3v) is 10.9. The summed E-state index contributed by atoms with van der Waals surface area (Å²) in [5.74, 6) is -1.28. The Morgan fingerprint density at radius 1 is 0.576 bits per heavy atom. The molecule has 0 saturated heterocycles. The minimum absolute atomic E-state index is 0.326. The molecule has 59 heavy (non-hydrogen) atoms. The van der Waals surface area contributed by atoms with Crippen LogP contribution in [-0.2, 0) is 16.2 Å². The van der Waals surface area contributed by atoms with Crippen LogP contribution in [0.2, 0.25) is 0 Å². The van der Waals surface area contributed by atoms with E-state index in [4.69, 9.17) is 29.7 Å². The summed E-state index contributed by atoms with van der Waals surface area (Å²) in [5, 5.41) is 16.4. The lowest BCUT2D eigenvalue weighted by molar-refractivity contribution is 0.435. The third-order valence-electron chi connectivity index (χ3n) is 10.9. The van der Waals surface area contributed by atoms with Gasteiger partial charge in [-0.05, 0) is 105 Å². The molecule has 0 amide bonds. The summed E-state index contributed by atoms with van der Waals surface area (Å²) in [4.78, 5) is 6.45. The number of pyridine rings is 1. The SMILES string of the molecule is [2H]C([2H])([2H])C(c1cc(C2Nc3c(-c4cc(-c5cc(-c6ccc(C)cc6)ccn5)cc(C(C)(C)C)c4)cccc3N2c2ccccc2-c2ccccc2)c(O)c(C(C([2H])([2H])[2H])(C([2H])([2H])[2H])C([2H])([2H])[2H])c1)(C([2H])([2H])[2H])C([2H])([2H])[2H]. The number of phenols is 1. The Labute approximate surface area is 376 Å². The maximum Gasteiger partial charge on any atom is 0.134 e. The Kier molecular flexibility index (Phi) is 5.93. The molecule has 1 aliphatic heterocycles. The van der Waals surface area contributed by atoms with E-state index in [2.05, 4.69) is 32.2 Å². The van der Waals surface area contributed by atoms with Crippen molar-refractivity contribution in [2.75, 3.05) is 10.2 Å². The van der Waals surface area contributed by atoms with Crippen molar-refractivity contribution < 1.29 is 29.8 Å². The first-order chi connectivity index (χ1) is 35.5. The quantitative estimate of drug-likeness (QED) is 0.176. The molecule has 0 bridgehead atoms. The zero-order chi connectivity index (χ0) is 56.9. The number of rotatable bonds is 6. The van der Waals surface area contributed by atoms with Crippen LogP contribution in [-0.4, -0.2) is 10.1 Å². The van der Waals surface area contributed by atoms with Crippen molar-refractivity contribution in [1.82, 2.24) is 4.98 Å². The van der Waals surface area contributed by atoms with E-state index in [-0.39, 0.29) is 0 Å². The zero-order valence-electron chi connectivity index (χ0n) is 51.3. The van der Waals surface area contributed by atoms with Crippen LogP contribution in [0.5, 0.6) is 5.75 Å². The maximum absolute atomic E-state index is 13.0. The van der Waals surface area contributed by atoms with Gasteiger partial charge in [0.05, 0.1) is 22.8 Å². The lowest BCUT2D eigenvalue weighted by atomic mass is 9.78. The van der Waals surface area contributed by atoms with Crippen LogP contribution in [0.15, 0.2) is 146 Å². The fraction of sp³-hybridized carbons (Fsp3) is 0.255. The predicted molar refractivity (Wildman–Crippen MR) is 250 cm³/mol. The molecular formula is C55H57N3O. The van der Waals surface area contributed by atoms with E-state index in [9.17, 15) is 5.11 Å². The van der Waals surface area contributed by atoms with Crippen molar-refractivity contribution in [3.05, 3.63) is 174 Å². The Bertz CT molecular complexity index is 3260. The van der Waals surface area contributed by atoms with Crippen molar-refractivity contribution in [2.45, 2.75) is 91.2 Å². The number of phenolic OH excluding ortho intramolecular Hbond substituents is 1. The number of para-hydroxylation sites is 2. The number of aryl methyl sites for hydroxylation is 1. The first-order valence-electron chi connectivity index (χ1n) is 28.4. The second-order valence-electron chi connectivity index (χ2n) is 16.3. The van der Waals surface area contributed by atoms with Crippen LogP contribution < -0.4 is 10.2 Å². The summed E-state index contributed by atoms with van der Waals surface area (Å²) < 4.78 is 157.